The van der Waals surface area contributed by atoms with Crippen molar-refractivity contribution < 1.29 is 18.0 Å². The number of amides is 1. The first kappa shape index (κ1) is 25.0. The third-order valence-electron chi connectivity index (χ3n) is 4.15. The first-order chi connectivity index (χ1) is 11.2. The Labute approximate surface area is 167 Å². The van der Waals surface area contributed by atoms with Gasteiger partial charge in [0.15, 0.2) is 0 Å². The second kappa shape index (κ2) is 10.4. The Morgan fingerprint density at radius 2 is 2.08 bits per heavy atom. The van der Waals surface area contributed by atoms with Gasteiger partial charge in [-0.2, -0.15) is 13.2 Å². The van der Waals surface area contributed by atoms with Crippen LogP contribution < -0.4 is 10.6 Å². The van der Waals surface area contributed by atoms with Gasteiger partial charge in [-0.25, -0.2) is 4.98 Å². The molecule has 2 rings (SSSR count). The van der Waals surface area contributed by atoms with Crippen LogP contribution in [0.3, 0.4) is 0 Å². The molecule has 1 aromatic rings. The number of alkyl halides is 3. The van der Waals surface area contributed by atoms with Gasteiger partial charge in [0.1, 0.15) is 5.82 Å². The normalized spacial score (nSPS) is 20.0. The lowest BCUT2D eigenvalue weighted by molar-refractivity contribution is -0.138. The summed E-state index contributed by atoms with van der Waals surface area (Å²) in [5.41, 5.74) is -0.905. The molecule has 2 unspecified atom stereocenters. The van der Waals surface area contributed by atoms with E-state index < -0.39 is 11.7 Å². The fraction of sp³-hybridized carbons (Fsp3) is 0.600. The molecule has 0 bridgehead atoms. The van der Waals surface area contributed by atoms with E-state index in [2.05, 4.69) is 15.6 Å². The minimum atomic E-state index is -4.49. The van der Waals surface area contributed by atoms with Crippen molar-refractivity contribution in [3.05, 3.63) is 22.8 Å². The summed E-state index contributed by atoms with van der Waals surface area (Å²) in [5.74, 6) is 0.130. The van der Waals surface area contributed by atoms with Gasteiger partial charge in [-0.1, -0.05) is 11.6 Å². The van der Waals surface area contributed by atoms with Gasteiger partial charge in [0.25, 0.3) is 0 Å². The van der Waals surface area contributed by atoms with Crippen molar-refractivity contribution in [2.24, 2.45) is 0 Å². The van der Waals surface area contributed by atoms with Crippen LogP contribution in [0.4, 0.5) is 19.0 Å². The van der Waals surface area contributed by atoms with Crippen LogP contribution in [0, 0.1) is 0 Å². The highest BCUT2D eigenvalue weighted by Crippen LogP contribution is 2.32. The first-order valence-electron chi connectivity index (χ1n) is 7.69. The molecule has 2 N–H and O–H groups in total. The number of hydrogen-bond donors (Lipinski definition) is 2. The summed E-state index contributed by atoms with van der Waals surface area (Å²) in [5, 5.41) is 5.98. The fourth-order valence-corrected chi connectivity index (χ4v) is 2.80. The molecule has 26 heavy (non-hydrogen) atoms. The third kappa shape index (κ3) is 6.33. The minimum absolute atomic E-state index is 0. The highest BCUT2D eigenvalue weighted by Gasteiger charge is 2.31. The van der Waals surface area contributed by atoms with Gasteiger partial charge < -0.3 is 15.5 Å². The average molecular weight is 438 g/mol. The Hall–Kier alpha value is -0.960. The summed E-state index contributed by atoms with van der Waals surface area (Å²) < 4.78 is 37.7. The standard InChI is InChI=1S/C15H20ClF3N4O.2ClH/c1-9-10(2)23(6-5-20-9)13(24)3-4-21-14-12(16)7-11(8-22-14)15(17,18)19;;/h7-10,20H,3-6H2,1-2H3,(H,21,22);2*1H. The monoisotopic (exact) mass is 436 g/mol. The Kier molecular flexibility index (Phi) is 10.0. The van der Waals surface area contributed by atoms with Gasteiger partial charge in [-0.05, 0) is 19.9 Å². The van der Waals surface area contributed by atoms with Gasteiger partial charge in [0.2, 0.25) is 5.91 Å². The molecular formula is C15H22Cl3F3N4O. The summed E-state index contributed by atoms with van der Waals surface area (Å²) in [6.07, 6.45) is -3.55. The van der Waals surface area contributed by atoms with E-state index in [0.717, 1.165) is 18.8 Å². The smallest absolute Gasteiger partial charge is 0.368 e. The molecule has 5 nitrogen and oxygen atoms in total. The van der Waals surface area contributed by atoms with Gasteiger partial charge >= 0.3 is 6.18 Å². The number of aromatic nitrogens is 1. The molecule has 1 fully saturated rings. The van der Waals surface area contributed by atoms with Crippen molar-refractivity contribution in [3.8, 4) is 0 Å². The molecule has 0 spiro atoms. The molecule has 0 saturated carbocycles. The van der Waals surface area contributed by atoms with Crippen LogP contribution in [0.2, 0.25) is 5.02 Å². The van der Waals surface area contributed by atoms with Crippen LogP contribution in [-0.4, -0.2) is 47.5 Å². The molecular weight excluding hydrogens is 416 g/mol. The van der Waals surface area contributed by atoms with Crippen molar-refractivity contribution in [1.29, 1.82) is 0 Å². The van der Waals surface area contributed by atoms with Crippen molar-refractivity contribution in [1.82, 2.24) is 15.2 Å². The maximum atomic E-state index is 12.6. The molecule has 1 aliphatic heterocycles. The van der Waals surface area contributed by atoms with E-state index in [1.807, 2.05) is 18.7 Å². The lowest BCUT2D eigenvalue weighted by Gasteiger charge is -2.38. The van der Waals surface area contributed by atoms with Crippen LogP contribution in [0.1, 0.15) is 25.8 Å². The number of nitrogens with zero attached hydrogens (tertiary/aromatic N) is 2. The lowest BCUT2D eigenvalue weighted by atomic mass is 10.1. The Balaban J connectivity index is 0.00000312. The average Bonchev–Trinajstić information content (AvgIpc) is 2.50. The number of anilines is 1. The highest BCUT2D eigenvalue weighted by molar-refractivity contribution is 6.32. The largest absolute Gasteiger partial charge is 0.417 e. The highest BCUT2D eigenvalue weighted by atomic mass is 35.5. The van der Waals surface area contributed by atoms with Crippen LogP contribution >= 0.6 is 36.4 Å². The predicted molar refractivity (Wildman–Crippen MR) is 100 cm³/mol. The molecule has 2 heterocycles. The molecule has 11 heteroatoms. The molecule has 1 saturated heterocycles. The third-order valence-corrected chi connectivity index (χ3v) is 4.44. The number of hydrogen-bond acceptors (Lipinski definition) is 4. The van der Waals surface area contributed by atoms with E-state index in [9.17, 15) is 18.0 Å². The van der Waals surface area contributed by atoms with E-state index in [-0.39, 0.29) is 66.6 Å². The Morgan fingerprint density at radius 1 is 1.42 bits per heavy atom. The summed E-state index contributed by atoms with van der Waals surface area (Å²) in [4.78, 5) is 17.8. The zero-order chi connectivity index (χ0) is 17.9. The Morgan fingerprint density at radius 3 is 2.65 bits per heavy atom. The van der Waals surface area contributed by atoms with Crippen molar-refractivity contribution >= 4 is 48.1 Å². The van der Waals surface area contributed by atoms with Gasteiger partial charge in [0, 0.05) is 44.3 Å². The summed E-state index contributed by atoms with van der Waals surface area (Å²) >= 11 is 5.81. The quantitative estimate of drug-likeness (QED) is 0.755. The number of halogens is 6. The zero-order valence-corrected chi connectivity index (χ0v) is 16.7. The second-order valence-corrected chi connectivity index (χ2v) is 6.21. The molecule has 0 aromatic carbocycles. The predicted octanol–water partition coefficient (Wildman–Crippen LogP) is 3.61. The van der Waals surface area contributed by atoms with Crippen LogP contribution in [-0.2, 0) is 11.0 Å². The molecule has 1 aromatic heterocycles. The second-order valence-electron chi connectivity index (χ2n) is 5.80. The molecule has 2 atom stereocenters. The summed E-state index contributed by atoms with van der Waals surface area (Å²) in [6, 6.07) is 1.14. The maximum Gasteiger partial charge on any atom is 0.417 e. The van der Waals surface area contributed by atoms with E-state index in [4.69, 9.17) is 11.6 Å². The zero-order valence-electron chi connectivity index (χ0n) is 14.3. The van der Waals surface area contributed by atoms with Gasteiger partial charge in [0.05, 0.1) is 10.6 Å². The number of nitrogens with one attached hydrogen (secondary N) is 2. The fourth-order valence-electron chi connectivity index (χ4n) is 2.56. The van der Waals surface area contributed by atoms with Gasteiger partial charge in [-0.15, -0.1) is 24.8 Å². The molecule has 0 radical (unpaired) electrons. The SMILES string of the molecule is CC1NCCN(C(=O)CCNc2ncc(C(F)(F)F)cc2Cl)C1C.Cl.Cl. The van der Waals surface area contributed by atoms with Crippen molar-refractivity contribution in [2.45, 2.75) is 38.5 Å². The minimum Gasteiger partial charge on any atom is -0.368 e. The van der Waals surface area contributed by atoms with Crippen LogP contribution in [0.25, 0.3) is 0 Å². The van der Waals surface area contributed by atoms with Crippen molar-refractivity contribution in [2.75, 3.05) is 25.0 Å². The number of pyridine rings is 1. The number of rotatable bonds is 4. The summed E-state index contributed by atoms with van der Waals surface area (Å²) in [7, 11) is 0. The first-order valence-corrected chi connectivity index (χ1v) is 8.07. The van der Waals surface area contributed by atoms with Crippen molar-refractivity contribution in [3.63, 3.8) is 0 Å². The van der Waals surface area contributed by atoms with Crippen LogP contribution in [0.15, 0.2) is 12.3 Å². The lowest BCUT2D eigenvalue weighted by Crippen LogP contribution is -2.57. The van der Waals surface area contributed by atoms with E-state index in [0.29, 0.717) is 6.54 Å². The van der Waals surface area contributed by atoms with E-state index in [1.54, 1.807) is 0 Å². The summed E-state index contributed by atoms with van der Waals surface area (Å²) in [6.45, 7) is 5.65. The number of carbonyl (C=O) groups excluding carboxylic acids is 1. The topological polar surface area (TPSA) is 57.3 Å². The Bertz CT molecular complexity index is 604. The molecule has 1 aliphatic rings. The number of carbonyl (C=O) groups is 1. The maximum absolute atomic E-state index is 12.6. The molecule has 0 aliphatic carbocycles. The molecule has 1 amide bonds. The number of piperazine rings is 1. The van der Waals surface area contributed by atoms with E-state index >= 15 is 0 Å². The molecule has 150 valence electrons. The van der Waals surface area contributed by atoms with Crippen LogP contribution in [0.5, 0.6) is 0 Å². The van der Waals surface area contributed by atoms with Gasteiger partial charge in [-0.3, -0.25) is 4.79 Å². The van der Waals surface area contributed by atoms with E-state index in [1.165, 1.54) is 0 Å².